The van der Waals surface area contributed by atoms with Gasteiger partial charge in [-0.1, -0.05) is 30.3 Å². The highest BCUT2D eigenvalue weighted by atomic mass is 16.6. The topological polar surface area (TPSA) is 114 Å². The highest BCUT2D eigenvalue weighted by molar-refractivity contribution is 6.10. The molecule has 0 spiro atoms. The number of carbonyl (C=O) groups excluding carboxylic acids is 2. The third kappa shape index (κ3) is 3.45. The zero-order valence-electron chi connectivity index (χ0n) is 17.0. The first-order chi connectivity index (χ1) is 15.5. The van der Waals surface area contributed by atoms with Gasteiger partial charge in [0, 0.05) is 28.8 Å². The fourth-order valence-electron chi connectivity index (χ4n) is 4.20. The first kappa shape index (κ1) is 19.7. The van der Waals surface area contributed by atoms with Crippen molar-refractivity contribution in [1.82, 2.24) is 0 Å². The largest absolute Gasteiger partial charge is 0.433 e. The normalized spacial score (nSPS) is 17.5. The van der Waals surface area contributed by atoms with E-state index in [1.54, 1.807) is 30.3 Å². The van der Waals surface area contributed by atoms with E-state index in [0.717, 1.165) is 5.70 Å². The van der Waals surface area contributed by atoms with Crippen molar-refractivity contribution >= 4 is 28.8 Å². The summed E-state index contributed by atoms with van der Waals surface area (Å²) in [5.74, 6) is -0.234. The van der Waals surface area contributed by atoms with Crippen LogP contribution in [-0.2, 0) is 4.79 Å². The predicted octanol–water partition coefficient (Wildman–Crippen LogP) is 5.00. The summed E-state index contributed by atoms with van der Waals surface area (Å²) in [5, 5.41) is 17.7. The summed E-state index contributed by atoms with van der Waals surface area (Å²) >= 11 is 0. The molecule has 0 bridgehead atoms. The van der Waals surface area contributed by atoms with E-state index in [1.807, 2.05) is 18.2 Å². The Morgan fingerprint density at radius 1 is 1.00 bits per heavy atom. The van der Waals surface area contributed by atoms with Gasteiger partial charge in [0.25, 0.3) is 0 Å². The van der Waals surface area contributed by atoms with Crippen molar-refractivity contribution in [3.05, 3.63) is 98.9 Å². The maximum atomic E-state index is 12.9. The molecular formula is C24H19N3O5. The number of benzene rings is 2. The maximum Gasteiger partial charge on any atom is 0.433 e. The van der Waals surface area contributed by atoms with Gasteiger partial charge in [-0.2, -0.15) is 0 Å². The van der Waals surface area contributed by atoms with Gasteiger partial charge in [-0.25, -0.2) is 0 Å². The summed E-state index contributed by atoms with van der Waals surface area (Å²) in [6.07, 6.45) is 1.75. The molecule has 2 aromatic carbocycles. The molecule has 0 saturated heterocycles. The van der Waals surface area contributed by atoms with Crippen molar-refractivity contribution in [2.75, 3.05) is 10.6 Å². The van der Waals surface area contributed by atoms with E-state index in [1.165, 1.54) is 12.1 Å². The van der Waals surface area contributed by atoms with Gasteiger partial charge < -0.3 is 15.1 Å². The lowest BCUT2D eigenvalue weighted by Crippen LogP contribution is -2.23. The molecule has 2 N–H and O–H groups in total. The lowest BCUT2D eigenvalue weighted by Gasteiger charge is -2.23. The third-order valence-corrected chi connectivity index (χ3v) is 5.73. The molecule has 2 heterocycles. The summed E-state index contributed by atoms with van der Waals surface area (Å²) in [4.78, 5) is 36.3. The van der Waals surface area contributed by atoms with Crippen LogP contribution in [0.3, 0.4) is 0 Å². The SMILES string of the molecule is O=C1CCCC2=C1[C@H](c1ccc([N+](=O)[O-])o1)Nc1ccc(C(=O)c3ccccc3)cc1N2. The number of nitrogens with zero attached hydrogens (tertiary/aromatic N) is 1. The zero-order chi connectivity index (χ0) is 22.2. The van der Waals surface area contributed by atoms with Gasteiger partial charge >= 0.3 is 5.88 Å². The Hall–Kier alpha value is -4.20. The molecule has 32 heavy (non-hydrogen) atoms. The highest BCUT2D eigenvalue weighted by Crippen LogP contribution is 2.41. The molecule has 0 fully saturated rings. The summed E-state index contributed by atoms with van der Waals surface area (Å²) in [7, 11) is 0. The Labute approximate surface area is 183 Å². The first-order valence-electron chi connectivity index (χ1n) is 10.3. The van der Waals surface area contributed by atoms with E-state index in [9.17, 15) is 19.7 Å². The highest BCUT2D eigenvalue weighted by Gasteiger charge is 2.34. The number of anilines is 2. The quantitative estimate of drug-likeness (QED) is 0.340. The number of hydrogen-bond acceptors (Lipinski definition) is 7. The molecule has 1 atom stereocenters. The van der Waals surface area contributed by atoms with Gasteiger partial charge in [-0.05, 0) is 37.1 Å². The molecule has 160 valence electrons. The number of nitro groups is 1. The van der Waals surface area contributed by atoms with Crippen LogP contribution >= 0.6 is 0 Å². The van der Waals surface area contributed by atoms with Gasteiger partial charge in [0.15, 0.2) is 11.6 Å². The molecular weight excluding hydrogens is 410 g/mol. The second-order valence-corrected chi connectivity index (χ2v) is 7.76. The molecule has 0 saturated carbocycles. The molecule has 8 nitrogen and oxygen atoms in total. The minimum Gasteiger partial charge on any atom is -0.403 e. The lowest BCUT2D eigenvalue weighted by molar-refractivity contribution is -0.402. The smallest absolute Gasteiger partial charge is 0.403 e. The molecule has 8 heteroatoms. The molecule has 1 aromatic heterocycles. The number of hydrogen-bond donors (Lipinski definition) is 2. The van der Waals surface area contributed by atoms with Crippen LogP contribution in [0.1, 0.15) is 47.0 Å². The van der Waals surface area contributed by atoms with E-state index < -0.39 is 11.0 Å². The fourth-order valence-corrected chi connectivity index (χ4v) is 4.20. The Kier molecular flexibility index (Phi) is 4.82. The average Bonchev–Trinajstić information content (AvgIpc) is 3.23. The van der Waals surface area contributed by atoms with Crippen LogP contribution in [-0.4, -0.2) is 16.5 Å². The van der Waals surface area contributed by atoms with Crippen LogP contribution < -0.4 is 10.6 Å². The number of nitrogens with one attached hydrogen (secondary N) is 2. The Morgan fingerprint density at radius 3 is 2.56 bits per heavy atom. The number of rotatable bonds is 4. The minimum absolute atomic E-state index is 0.0382. The van der Waals surface area contributed by atoms with Crippen molar-refractivity contribution < 1.29 is 18.9 Å². The van der Waals surface area contributed by atoms with Crippen LogP contribution in [0.2, 0.25) is 0 Å². The van der Waals surface area contributed by atoms with Crippen molar-refractivity contribution in [3.63, 3.8) is 0 Å². The predicted molar refractivity (Wildman–Crippen MR) is 118 cm³/mol. The zero-order valence-corrected chi connectivity index (χ0v) is 17.0. The molecule has 0 radical (unpaired) electrons. The van der Waals surface area contributed by atoms with Gasteiger partial charge in [0.2, 0.25) is 0 Å². The van der Waals surface area contributed by atoms with Gasteiger partial charge in [-0.15, -0.1) is 0 Å². The number of furan rings is 1. The van der Waals surface area contributed by atoms with E-state index >= 15 is 0 Å². The lowest BCUT2D eigenvalue weighted by atomic mass is 9.89. The Bertz CT molecular complexity index is 1280. The molecule has 0 unspecified atom stereocenters. The average molecular weight is 429 g/mol. The molecule has 2 aliphatic rings. The number of fused-ring (bicyclic) bond motifs is 1. The first-order valence-corrected chi connectivity index (χ1v) is 10.3. The summed E-state index contributed by atoms with van der Waals surface area (Å²) < 4.78 is 5.44. The van der Waals surface area contributed by atoms with E-state index in [0.29, 0.717) is 53.1 Å². The molecule has 3 aromatic rings. The molecule has 0 amide bonds. The van der Waals surface area contributed by atoms with Crippen molar-refractivity contribution in [3.8, 4) is 0 Å². The standard InChI is InChI=1S/C24H19N3O5/c28-19-8-4-7-17-22(19)23(20-11-12-21(32-20)27(30)31)26-16-10-9-15(13-18(16)25-17)24(29)14-5-2-1-3-6-14/h1-3,5-6,9-13,23,25-26H,4,7-8H2/t23-/m0/s1. The summed E-state index contributed by atoms with van der Waals surface area (Å²) in [6.45, 7) is 0. The molecule has 1 aliphatic carbocycles. The number of ketones is 2. The van der Waals surface area contributed by atoms with Crippen LogP contribution in [0.25, 0.3) is 0 Å². The second kappa shape index (κ2) is 7.81. The fraction of sp³-hybridized carbons (Fsp3) is 0.167. The second-order valence-electron chi connectivity index (χ2n) is 7.76. The number of allylic oxidation sites excluding steroid dienone is 1. The molecule has 1 aliphatic heterocycles. The van der Waals surface area contributed by atoms with Gasteiger partial charge in [-0.3, -0.25) is 19.7 Å². The van der Waals surface area contributed by atoms with Crippen molar-refractivity contribution in [1.29, 1.82) is 0 Å². The van der Waals surface area contributed by atoms with E-state index in [2.05, 4.69) is 10.6 Å². The Balaban J connectivity index is 1.57. The summed E-state index contributed by atoms with van der Waals surface area (Å²) in [5.41, 5.74) is 3.68. The van der Waals surface area contributed by atoms with Crippen LogP contribution in [0.5, 0.6) is 0 Å². The van der Waals surface area contributed by atoms with E-state index in [4.69, 9.17) is 4.42 Å². The number of carbonyl (C=O) groups is 2. The van der Waals surface area contributed by atoms with Crippen molar-refractivity contribution in [2.24, 2.45) is 0 Å². The monoisotopic (exact) mass is 429 g/mol. The Morgan fingerprint density at radius 2 is 1.81 bits per heavy atom. The number of Topliss-reactive ketones (excluding diaryl/α,β-unsaturated/α-hetero) is 1. The van der Waals surface area contributed by atoms with Crippen LogP contribution in [0, 0.1) is 10.1 Å². The van der Waals surface area contributed by atoms with Crippen LogP contribution in [0.15, 0.2) is 76.4 Å². The maximum absolute atomic E-state index is 12.9. The van der Waals surface area contributed by atoms with Gasteiger partial charge in [0.05, 0.1) is 17.4 Å². The minimum atomic E-state index is -0.670. The third-order valence-electron chi connectivity index (χ3n) is 5.73. The van der Waals surface area contributed by atoms with Gasteiger partial charge in [0.1, 0.15) is 16.7 Å². The summed E-state index contributed by atoms with van der Waals surface area (Å²) in [6, 6.07) is 16.4. The van der Waals surface area contributed by atoms with E-state index in [-0.39, 0.29) is 17.5 Å². The van der Waals surface area contributed by atoms with Crippen LogP contribution in [0.4, 0.5) is 17.3 Å². The van der Waals surface area contributed by atoms with Crippen molar-refractivity contribution in [2.45, 2.75) is 25.3 Å². The molecule has 5 rings (SSSR count).